The first-order valence-corrected chi connectivity index (χ1v) is 8.80. The smallest absolute Gasteiger partial charge is 0.230 e. The molecule has 114 valence electrons. The molecule has 0 saturated heterocycles. The van der Waals surface area contributed by atoms with Gasteiger partial charge in [-0.15, -0.1) is 0 Å². The van der Waals surface area contributed by atoms with Crippen molar-refractivity contribution in [1.82, 2.24) is 4.57 Å². The van der Waals surface area contributed by atoms with Crippen molar-refractivity contribution in [2.24, 2.45) is 5.92 Å². The quantitative estimate of drug-likeness (QED) is 0.693. The lowest BCUT2D eigenvalue weighted by atomic mass is 9.84. The molecule has 0 amide bonds. The van der Waals surface area contributed by atoms with Crippen LogP contribution in [0.3, 0.4) is 0 Å². The van der Waals surface area contributed by atoms with Gasteiger partial charge in [-0.05, 0) is 44.2 Å². The molecule has 0 radical (unpaired) electrons. The molecule has 1 aliphatic rings. The average molecular weight is 285 g/mol. The number of hydrogen-bond donors (Lipinski definition) is 0. The highest BCUT2D eigenvalue weighted by Gasteiger charge is 2.27. The van der Waals surface area contributed by atoms with E-state index in [0.717, 1.165) is 12.5 Å². The number of benzene rings is 1. The highest BCUT2D eigenvalue weighted by Crippen LogP contribution is 2.33. The van der Waals surface area contributed by atoms with E-state index in [9.17, 15) is 0 Å². The van der Waals surface area contributed by atoms with Crippen LogP contribution >= 0.6 is 0 Å². The Balaban J connectivity index is 1.93. The highest BCUT2D eigenvalue weighted by atomic mass is 15.1. The molecular weight excluding hydrogens is 256 g/mol. The number of aryl methyl sites for hydroxylation is 1. The zero-order valence-electron chi connectivity index (χ0n) is 13.6. The number of para-hydroxylation sites is 2. The van der Waals surface area contributed by atoms with E-state index in [-0.39, 0.29) is 0 Å². The Morgan fingerprint density at radius 3 is 2.71 bits per heavy atom. The first-order chi connectivity index (χ1) is 10.3. The number of aromatic nitrogens is 2. The van der Waals surface area contributed by atoms with Gasteiger partial charge >= 0.3 is 0 Å². The third kappa shape index (κ3) is 3.00. The minimum Gasteiger partial charge on any atom is -0.230 e. The van der Waals surface area contributed by atoms with Crippen molar-refractivity contribution < 1.29 is 4.57 Å². The van der Waals surface area contributed by atoms with Crippen molar-refractivity contribution in [2.45, 2.75) is 71.4 Å². The van der Waals surface area contributed by atoms with Crippen molar-refractivity contribution in [3.63, 3.8) is 0 Å². The number of imidazole rings is 1. The van der Waals surface area contributed by atoms with Gasteiger partial charge < -0.3 is 0 Å². The van der Waals surface area contributed by atoms with Crippen molar-refractivity contribution >= 4 is 11.0 Å². The molecule has 0 aliphatic heterocycles. The van der Waals surface area contributed by atoms with E-state index < -0.39 is 0 Å². The molecule has 0 N–H and O–H groups in total. The van der Waals surface area contributed by atoms with Gasteiger partial charge in [0, 0.05) is 0 Å². The molecule has 1 aromatic carbocycles. The second-order valence-corrected chi connectivity index (χ2v) is 6.70. The summed E-state index contributed by atoms with van der Waals surface area (Å²) in [5.41, 5.74) is 2.81. The number of unbranched alkanes of at least 4 members (excludes halogenated alkanes) is 1. The summed E-state index contributed by atoms with van der Waals surface area (Å²) in [6.45, 7) is 5.83. The number of fused-ring (bicyclic) bond motifs is 1. The Labute approximate surface area is 128 Å². The van der Waals surface area contributed by atoms with E-state index in [4.69, 9.17) is 0 Å². The summed E-state index contributed by atoms with van der Waals surface area (Å²) in [7, 11) is 0. The Bertz CT molecular complexity index is 578. The van der Waals surface area contributed by atoms with Gasteiger partial charge in [0.1, 0.15) is 6.04 Å². The molecule has 1 fully saturated rings. The zero-order valence-corrected chi connectivity index (χ0v) is 13.6. The van der Waals surface area contributed by atoms with E-state index in [1.165, 1.54) is 56.0 Å². The fraction of sp³-hybridized carbons (Fsp3) is 0.632. The van der Waals surface area contributed by atoms with Crippen LogP contribution in [0, 0.1) is 5.92 Å². The minimum absolute atomic E-state index is 0.623. The second-order valence-electron chi connectivity index (χ2n) is 6.70. The van der Waals surface area contributed by atoms with Crippen LogP contribution in [-0.2, 0) is 6.54 Å². The lowest BCUT2D eigenvalue weighted by Gasteiger charge is -2.25. The maximum atomic E-state index is 2.54. The Hall–Kier alpha value is -1.31. The minimum atomic E-state index is 0.623. The molecule has 0 bridgehead atoms. The van der Waals surface area contributed by atoms with Crippen molar-refractivity contribution in [2.75, 3.05) is 0 Å². The van der Waals surface area contributed by atoms with Crippen LogP contribution in [0.5, 0.6) is 0 Å². The summed E-state index contributed by atoms with van der Waals surface area (Å²) in [6.07, 6.45) is 12.0. The summed E-state index contributed by atoms with van der Waals surface area (Å²) in [6, 6.07) is 9.53. The topological polar surface area (TPSA) is 8.81 Å². The number of nitrogens with zero attached hydrogens (tertiary/aromatic N) is 2. The third-order valence-electron chi connectivity index (χ3n) is 5.26. The summed E-state index contributed by atoms with van der Waals surface area (Å²) < 4.78 is 5.00. The molecule has 2 heteroatoms. The van der Waals surface area contributed by atoms with Gasteiger partial charge in [-0.25, -0.2) is 9.13 Å². The van der Waals surface area contributed by atoms with Crippen molar-refractivity contribution in [1.29, 1.82) is 0 Å². The molecule has 2 nitrogen and oxygen atoms in total. The molecule has 0 unspecified atom stereocenters. The third-order valence-corrected chi connectivity index (χ3v) is 5.26. The number of rotatable bonds is 5. The van der Waals surface area contributed by atoms with Crippen LogP contribution in [0.25, 0.3) is 11.0 Å². The van der Waals surface area contributed by atoms with E-state index in [1.807, 2.05) is 0 Å². The summed E-state index contributed by atoms with van der Waals surface area (Å²) >= 11 is 0. The molecule has 0 spiro atoms. The fourth-order valence-electron chi connectivity index (χ4n) is 3.87. The van der Waals surface area contributed by atoms with Crippen LogP contribution in [0.2, 0.25) is 0 Å². The molecule has 2 aromatic rings. The zero-order chi connectivity index (χ0) is 14.7. The van der Waals surface area contributed by atoms with Crippen molar-refractivity contribution in [3.05, 3.63) is 30.6 Å². The summed E-state index contributed by atoms with van der Waals surface area (Å²) in [5, 5.41) is 0. The summed E-state index contributed by atoms with van der Waals surface area (Å²) in [4.78, 5) is 0. The van der Waals surface area contributed by atoms with Crippen molar-refractivity contribution in [3.8, 4) is 0 Å². The Morgan fingerprint density at radius 2 is 1.95 bits per heavy atom. The van der Waals surface area contributed by atoms with Crippen LogP contribution in [-0.4, -0.2) is 4.57 Å². The molecular formula is C19H29N2+. The predicted octanol–water partition coefficient (Wildman–Crippen LogP) is 4.87. The maximum Gasteiger partial charge on any atom is 0.244 e. The first-order valence-electron chi connectivity index (χ1n) is 8.80. The monoisotopic (exact) mass is 285 g/mol. The van der Waals surface area contributed by atoms with Gasteiger partial charge in [0.05, 0.1) is 6.54 Å². The van der Waals surface area contributed by atoms with E-state index in [0.29, 0.717) is 6.04 Å². The van der Waals surface area contributed by atoms with Gasteiger partial charge in [-0.2, -0.15) is 0 Å². The predicted molar refractivity (Wildman–Crippen MR) is 88.3 cm³/mol. The van der Waals surface area contributed by atoms with Crippen LogP contribution < -0.4 is 4.57 Å². The van der Waals surface area contributed by atoms with Gasteiger partial charge in [-0.1, -0.05) is 44.7 Å². The van der Waals surface area contributed by atoms with Gasteiger partial charge in [0.2, 0.25) is 6.33 Å². The molecule has 1 saturated carbocycles. The normalized spacial score (nSPS) is 18.2. The lowest BCUT2D eigenvalue weighted by molar-refractivity contribution is -0.672. The Kier molecular flexibility index (Phi) is 4.62. The van der Waals surface area contributed by atoms with Crippen LogP contribution in [0.4, 0.5) is 0 Å². The molecule has 1 aliphatic carbocycles. The standard InChI is InChI=1S/C19H29N2/c1-3-4-14-20-15-21(19-13-9-8-12-18(19)20)16(2)17-10-6-5-7-11-17/h8-9,12-13,15-17H,3-7,10-11,14H2,1-2H3/q+1/t16-/m0/s1. The van der Waals surface area contributed by atoms with E-state index in [1.54, 1.807) is 0 Å². The lowest BCUT2D eigenvalue weighted by Crippen LogP contribution is -2.32. The average Bonchev–Trinajstić information content (AvgIpc) is 2.92. The highest BCUT2D eigenvalue weighted by molar-refractivity contribution is 5.71. The van der Waals surface area contributed by atoms with Crippen LogP contribution in [0.1, 0.15) is 64.8 Å². The van der Waals surface area contributed by atoms with Crippen LogP contribution in [0.15, 0.2) is 30.6 Å². The summed E-state index contributed by atoms with van der Waals surface area (Å²) in [5.74, 6) is 0.856. The SMILES string of the molecule is CCCC[n+]1cn([C@@H](C)C2CCCCC2)c2ccccc21. The molecule has 1 heterocycles. The molecule has 1 aromatic heterocycles. The number of hydrogen-bond acceptors (Lipinski definition) is 0. The molecule has 3 rings (SSSR count). The molecule has 1 atom stereocenters. The van der Waals surface area contributed by atoms with E-state index in [2.05, 4.69) is 53.6 Å². The van der Waals surface area contributed by atoms with Gasteiger partial charge in [0.15, 0.2) is 11.0 Å². The Morgan fingerprint density at radius 1 is 1.19 bits per heavy atom. The first kappa shape index (κ1) is 14.6. The maximum absolute atomic E-state index is 2.54. The second kappa shape index (κ2) is 6.64. The fourth-order valence-corrected chi connectivity index (χ4v) is 3.87. The van der Waals surface area contributed by atoms with Gasteiger partial charge in [0.25, 0.3) is 0 Å². The van der Waals surface area contributed by atoms with E-state index >= 15 is 0 Å². The largest absolute Gasteiger partial charge is 0.244 e. The molecule has 21 heavy (non-hydrogen) atoms. The van der Waals surface area contributed by atoms with Gasteiger partial charge in [-0.3, -0.25) is 0 Å².